The van der Waals surface area contributed by atoms with Crippen LogP contribution in [0.2, 0.25) is 0 Å². The van der Waals surface area contributed by atoms with Crippen LogP contribution in [0.5, 0.6) is 0 Å². The highest BCUT2D eigenvalue weighted by atomic mass is 16.5. The van der Waals surface area contributed by atoms with Crippen LogP contribution in [-0.2, 0) is 20.9 Å². The molecule has 2 atom stereocenters. The first-order valence-electron chi connectivity index (χ1n) is 6.72. The SMILES string of the molecule is Cc1ccc(CN(C)C(=O)C2CCC(C(N)=O)O2)cc1. The van der Waals surface area contributed by atoms with Crippen molar-refractivity contribution in [2.24, 2.45) is 5.73 Å². The highest BCUT2D eigenvalue weighted by Crippen LogP contribution is 2.21. The molecule has 0 spiro atoms. The fourth-order valence-electron chi connectivity index (χ4n) is 2.32. The van der Waals surface area contributed by atoms with Crippen LogP contribution in [0.1, 0.15) is 24.0 Å². The molecule has 2 rings (SSSR count). The molecule has 2 amide bonds. The van der Waals surface area contributed by atoms with E-state index in [1.165, 1.54) is 5.56 Å². The summed E-state index contributed by atoms with van der Waals surface area (Å²) < 4.78 is 5.40. The number of rotatable bonds is 4. The summed E-state index contributed by atoms with van der Waals surface area (Å²) in [4.78, 5) is 24.9. The van der Waals surface area contributed by atoms with Gasteiger partial charge in [0.25, 0.3) is 5.91 Å². The lowest BCUT2D eigenvalue weighted by Gasteiger charge is -2.21. The van der Waals surface area contributed by atoms with Gasteiger partial charge in [-0.15, -0.1) is 0 Å². The van der Waals surface area contributed by atoms with E-state index in [1.807, 2.05) is 31.2 Å². The third kappa shape index (κ3) is 3.36. The predicted molar refractivity (Wildman–Crippen MR) is 74.7 cm³/mol. The van der Waals surface area contributed by atoms with Crippen molar-refractivity contribution in [1.29, 1.82) is 0 Å². The molecule has 1 fully saturated rings. The van der Waals surface area contributed by atoms with Crippen molar-refractivity contribution < 1.29 is 14.3 Å². The summed E-state index contributed by atoms with van der Waals surface area (Å²) in [7, 11) is 1.74. The number of hydrogen-bond donors (Lipinski definition) is 1. The molecule has 1 aromatic carbocycles. The summed E-state index contributed by atoms with van der Waals surface area (Å²) in [5.74, 6) is -0.601. The molecule has 108 valence electrons. The minimum absolute atomic E-state index is 0.102. The predicted octanol–water partition coefficient (Wildman–Crippen LogP) is 0.986. The maximum atomic E-state index is 12.2. The van der Waals surface area contributed by atoms with E-state index in [2.05, 4.69) is 0 Å². The van der Waals surface area contributed by atoms with Crippen molar-refractivity contribution in [1.82, 2.24) is 4.90 Å². The molecule has 0 saturated carbocycles. The second-order valence-electron chi connectivity index (χ2n) is 5.27. The molecule has 1 heterocycles. The molecular weight excluding hydrogens is 256 g/mol. The average molecular weight is 276 g/mol. The fourth-order valence-corrected chi connectivity index (χ4v) is 2.32. The van der Waals surface area contributed by atoms with E-state index < -0.39 is 18.1 Å². The minimum Gasteiger partial charge on any atom is -0.367 e. The number of likely N-dealkylation sites (N-methyl/N-ethyl adjacent to an activating group) is 1. The van der Waals surface area contributed by atoms with E-state index in [0.717, 1.165) is 5.56 Å². The van der Waals surface area contributed by atoms with Gasteiger partial charge >= 0.3 is 0 Å². The Balaban J connectivity index is 1.92. The quantitative estimate of drug-likeness (QED) is 0.891. The van der Waals surface area contributed by atoms with E-state index in [4.69, 9.17) is 10.5 Å². The van der Waals surface area contributed by atoms with Crippen LogP contribution in [0, 0.1) is 6.92 Å². The second-order valence-corrected chi connectivity index (χ2v) is 5.27. The molecule has 1 aliphatic heterocycles. The van der Waals surface area contributed by atoms with Crippen LogP contribution < -0.4 is 5.73 Å². The number of benzene rings is 1. The number of aryl methyl sites for hydroxylation is 1. The van der Waals surface area contributed by atoms with Gasteiger partial charge in [0, 0.05) is 13.6 Å². The summed E-state index contributed by atoms with van der Waals surface area (Å²) in [6.07, 6.45) is -0.117. The average Bonchev–Trinajstić information content (AvgIpc) is 2.90. The number of carbonyl (C=O) groups is 2. The van der Waals surface area contributed by atoms with Gasteiger partial charge in [-0.1, -0.05) is 29.8 Å². The lowest BCUT2D eigenvalue weighted by Crippen LogP contribution is -2.37. The fraction of sp³-hybridized carbons (Fsp3) is 0.467. The minimum atomic E-state index is -0.628. The summed E-state index contributed by atoms with van der Waals surface area (Å²) in [6.45, 7) is 2.55. The topological polar surface area (TPSA) is 72.6 Å². The molecule has 1 aromatic rings. The summed E-state index contributed by atoms with van der Waals surface area (Å²) >= 11 is 0. The number of primary amides is 1. The Morgan fingerprint density at radius 1 is 1.25 bits per heavy atom. The van der Waals surface area contributed by atoms with Crippen molar-refractivity contribution in [2.45, 2.75) is 38.5 Å². The number of hydrogen-bond acceptors (Lipinski definition) is 3. The van der Waals surface area contributed by atoms with Gasteiger partial charge in [0.05, 0.1) is 0 Å². The highest BCUT2D eigenvalue weighted by molar-refractivity contribution is 5.84. The van der Waals surface area contributed by atoms with E-state index in [0.29, 0.717) is 19.4 Å². The van der Waals surface area contributed by atoms with E-state index >= 15 is 0 Å². The third-order valence-electron chi connectivity index (χ3n) is 3.53. The van der Waals surface area contributed by atoms with Crippen molar-refractivity contribution in [3.63, 3.8) is 0 Å². The summed E-state index contributed by atoms with van der Waals surface area (Å²) in [5.41, 5.74) is 7.44. The Kier molecular flexibility index (Phi) is 4.39. The maximum Gasteiger partial charge on any atom is 0.251 e. The molecule has 0 bridgehead atoms. The second kappa shape index (κ2) is 6.05. The molecule has 5 nitrogen and oxygen atoms in total. The largest absolute Gasteiger partial charge is 0.367 e. The molecule has 0 aromatic heterocycles. The van der Waals surface area contributed by atoms with Crippen LogP contribution in [0.25, 0.3) is 0 Å². The molecule has 1 aliphatic rings. The van der Waals surface area contributed by atoms with Crippen LogP contribution in [0.4, 0.5) is 0 Å². The Bertz CT molecular complexity index is 498. The van der Waals surface area contributed by atoms with E-state index in [1.54, 1.807) is 11.9 Å². The molecule has 1 saturated heterocycles. The standard InChI is InChI=1S/C15H20N2O3/c1-10-3-5-11(6-4-10)9-17(2)15(19)13-8-7-12(20-13)14(16)18/h3-6,12-13H,7-9H2,1-2H3,(H2,16,18). The Morgan fingerprint density at radius 3 is 2.40 bits per heavy atom. The van der Waals surface area contributed by atoms with Gasteiger partial charge in [0.2, 0.25) is 5.91 Å². The smallest absolute Gasteiger partial charge is 0.251 e. The van der Waals surface area contributed by atoms with E-state index in [-0.39, 0.29) is 5.91 Å². The number of carbonyl (C=O) groups excluding carboxylic acids is 2. The number of amides is 2. The lowest BCUT2D eigenvalue weighted by molar-refractivity contribution is -0.145. The zero-order valence-corrected chi connectivity index (χ0v) is 11.8. The Labute approximate surface area is 118 Å². The summed E-state index contributed by atoms with van der Waals surface area (Å²) in [6, 6.07) is 8.04. The van der Waals surface area contributed by atoms with Gasteiger partial charge in [-0.2, -0.15) is 0 Å². The molecule has 5 heteroatoms. The van der Waals surface area contributed by atoms with Crippen LogP contribution >= 0.6 is 0 Å². The van der Waals surface area contributed by atoms with Crippen molar-refractivity contribution >= 4 is 11.8 Å². The van der Waals surface area contributed by atoms with Crippen LogP contribution in [-0.4, -0.2) is 36.0 Å². The monoisotopic (exact) mass is 276 g/mol. The number of nitrogens with zero attached hydrogens (tertiary/aromatic N) is 1. The maximum absolute atomic E-state index is 12.2. The third-order valence-corrected chi connectivity index (χ3v) is 3.53. The molecule has 2 N–H and O–H groups in total. The highest BCUT2D eigenvalue weighted by Gasteiger charge is 2.35. The molecule has 0 aliphatic carbocycles. The lowest BCUT2D eigenvalue weighted by atomic mass is 10.1. The van der Waals surface area contributed by atoms with Crippen LogP contribution in [0.3, 0.4) is 0 Å². The summed E-state index contributed by atoms with van der Waals surface area (Å²) in [5, 5.41) is 0. The van der Waals surface area contributed by atoms with Crippen molar-refractivity contribution in [3.8, 4) is 0 Å². The number of ether oxygens (including phenoxy) is 1. The first-order chi connectivity index (χ1) is 9.47. The van der Waals surface area contributed by atoms with Gasteiger partial charge in [-0.05, 0) is 25.3 Å². The van der Waals surface area contributed by atoms with E-state index in [9.17, 15) is 9.59 Å². The first kappa shape index (κ1) is 14.5. The Hall–Kier alpha value is -1.88. The number of nitrogens with two attached hydrogens (primary N) is 1. The van der Waals surface area contributed by atoms with Crippen LogP contribution in [0.15, 0.2) is 24.3 Å². The Morgan fingerprint density at radius 2 is 1.85 bits per heavy atom. The van der Waals surface area contributed by atoms with Gasteiger partial charge < -0.3 is 15.4 Å². The normalized spacial score (nSPS) is 21.7. The van der Waals surface area contributed by atoms with Gasteiger partial charge in [0.1, 0.15) is 12.2 Å². The van der Waals surface area contributed by atoms with Gasteiger partial charge in [0.15, 0.2) is 0 Å². The zero-order valence-electron chi connectivity index (χ0n) is 11.8. The molecule has 20 heavy (non-hydrogen) atoms. The molecule has 2 unspecified atom stereocenters. The zero-order chi connectivity index (χ0) is 14.7. The molecule has 0 radical (unpaired) electrons. The van der Waals surface area contributed by atoms with Crippen molar-refractivity contribution in [2.75, 3.05) is 7.05 Å². The van der Waals surface area contributed by atoms with Gasteiger partial charge in [-0.3, -0.25) is 9.59 Å². The van der Waals surface area contributed by atoms with Crippen molar-refractivity contribution in [3.05, 3.63) is 35.4 Å². The molecular formula is C15H20N2O3. The van der Waals surface area contributed by atoms with Gasteiger partial charge in [-0.25, -0.2) is 0 Å². The first-order valence-corrected chi connectivity index (χ1v) is 6.72.